The molecule has 0 radical (unpaired) electrons. The van der Waals surface area contributed by atoms with Gasteiger partial charge in [-0.25, -0.2) is 0 Å². The minimum Gasteiger partial charge on any atom is -0.497 e. The van der Waals surface area contributed by atoms with E-state index in [2.05, 4.69) is 25.7 Å². The summed E-state index contributed by atoms with van der Waals surface area (Å²) in [7, 11) is 3.48. The molecule has 126 valence electrons. The zero-order valence-electron chi connectivity index (χ0n) is 13.7. The smallest absolute Gasteiger partial charge is 0.226 e. The third kappa shape index (κ3) is 3.38. The van der Waals surface area contributed by atoms with E-state index in [4.69, 9.17) is 9.84 Å². The molecule has 8 heteroatoms. The molecular formula is C16H20N6O2. The summed E-state index contributed by atoms with van der Waals surface area (Å²) in [5, 5.41) is 20.4. The predicted octanol–water partition coefficient (Wildman–Crippen LogP) is 1.39. The summed E-state index contributed by atoms with van der Waals surface area (Å²) in [6.45, 7) is 1.02. The number of methoxy groups -OCH3 is 1. The van der Waals surface area contributed by atoms with Crippen molar-refractivity contribution < 1.29 is 9.84 Å². The summed E-state index contributed by atoms with van der Waals surface area (Å²) >= 11 is 0. The molecular weight excluding hydrogens is 308 g/mol. The van der Waals surface area contributed by atoms with Gasteiger partial charge in [0.2, 0.25) is 5.95 Å². The number of anilines is 2. The molecule has 1 aromatic carbocycles. The first-order valence-corrected chi connectivity index (χ1v) is 7.62. The van der Waals surface area contributed by atoms with Crippen LogP contribution in [0.2, 0.25) is 0 Å². The number of rotatable bonds is 7. The first kappa shape index (κ1) is 16.0. The molecule has 0 spiro atoms. The van der Waals surface area contributed by atoms with Crippen LogP contribution in [-0.2, 0) is 13.6 Å². The first-order valence-electron chi connectivity index (χ1n) is 7.62. The van der Waals surface area contributed by atoms with Crippen LogP contribution in [0.3, 0.4) is 0 Å². The monoisotopic (exact) mass is 328 g/mol. The molecule has 3 rings (SSSR count). The van der Waals surface area contributed by atoms with E-state index < -0.39 is 0 Å². The normalized spacial score (nSPS) is 10.8. The zero-order valence-corrected chi connectivity index (χ0v) is 13.7. The van der Waals surface area contributed by atoms with Crippen LogP contribution >= 0.6 is 0 Å². The molecule has 0 aliphatic heterocycles. The average Bonchev–Trinajstić information content (AvgIpc) is 2.99. The number of hydrogen-bond acceptors (Lipinski definition) is 7. The van der Waals surface area contributed by atoms with Crippen molar-refractivity contribution >= 4 is 22.8 Å². The summed E-state index contributed by atoms with van der Waals surface area (Å²) in [5.41, 5.74) is 1.83. The predicted molar refractivity (Wildman–Crippen MR) is 92.2 cm³/mol. The fraction of sp³-hybridized carbons (Fsp3) is 0.312. The highest BCUT2D eigenvalue weighted by atomic mass is 16.5. The van der Waals surface area contributed by atoms with E-state index in [0.29, 0.717) is 24.9 Å². The second-order valence-electron chi connectivity index (χ2n) is 5.25. The summed E-state index contributed by atoms with van der Waals surface area (Å²) < 4.78 is 6.86. The van der Waals surface area contributed by atoms with Crippen LogP contribution < -0.4 is 15.4 Å². The van der Waals surface area contributed by atoms with E-state index in [1.807, 2.05) is 31.3 Å². The molecule has 3 N–H and O–H groups in total. The van der Waals surface area contributed by atoms with Crippen LogP contribution in [0, 0.1) is 0 Å². The van der Waals surface area contributed by atoms with E-state index in [1.165, 1.54) is 0 Å². The molecule has 0 saturated heterocycles. The molecule has 0 fully saturated rings. The first-order chi connectivity index (χ1) is 11.7. The SMILES string of the molecule is COc1ccc(CNc2nc(NCCO)nc3c2cnn3C)cc1. The van der Waals surface area contributed by atoms with E-state index in [1.54, 1.807) is 18.0 Å². The molecule has 2 aromatic heterocycles. The van der Waals surface area contributed by atoms with Gasteiger partial charge in [0.1, 0.15) is 11.6 Å². The number of hydrogen-bond donors (Lipinski definition) is 3. The van der Waals surface area contributed by atoms with Crippen molar-refractivity contribution in [3.05, 3.63) is 36.0 Å². The average molecular weight is 328 g/mol. The van der Waals surface area contributed by atoms with Crippen molar-refractivity contribution in [3.63, 3.8) is 0 Å². The maximum Gasteiger partial charge on any atom is 0.226 e. The van der Waals surface area contributed by atoms with Gasteiger partial charge in [0.05, 0.1) is 25.3 Å². The van der Waals surface area contributed by atoms with E-state index >= 15 is 0 Å². The summed E-state index contributed by atoms with van der Waals surface area (Å²) in [5.74, 6) is 1.98. The molecule has 24 heavy (non-hydrogen) atoms. The number of aliphatic hydroxyl groups excluding tert-OH is 1. The maximum atomic E-state index is 8.96. The summed E-state index contributed by atoms with van der Waals surface area (Å²) in [4.78, 5) is 8.90. The van der Waals surface area contributed by atoms with Gasteiger partial charge in [0.15, 0.2) is 5.65 Å². The minimum atomic E-state index is 0.0153. The molecule has 0 unspecified atom stereocenters. The van der Waals surface area contributed by atoms with Gasteiger partial charge in [-0.1, -0.05) is 12.1 Å². The fourth-order valence-electron chi connectivity index (χ4n) is 2.33. The van der Waals surface area contributed by atoms with Gasteiger partial charge in [0.25, 0.3) is 0 Å². The maximum absolute atomic E-state index is 8.96. The Kier molecular flexibility index (Phi) is 4.76. The van der Waals surface area contributed by atoms with Crippen molar-refractivity contribution in [3.8, 4) is 5.75 Å². The molecule has 0 aliphatic rings. The highest BCUT2D eigenvalue weighted by Gasteiger charge is 2.11. The second-order valence-corrected chi connectivity index (χ2v) is 5.25. The molecule has 8 nitrogen and oxygen atoms in total. The number of aryl methyl sites for hydroxylation is 1. The quantitative estimate of drug-likeness (QED) is 0.603. The highest BCUT2D eigenvalue weighted by Crippen LogP contribution is 2.22. The third-order valence-electron chi connectivity index (χ3n) is 3.61. The highest BCUT2D eigenvalue weighted by molar-refractivity contribution is 5.87. The lowest BCUT2D eigenvalue weighted by Gasteiger charge is -2.10. The Labute approximate surface area is 139 Å². The van der Waals surface area contributed by atoms with Gasteiger partial charge >= 0.3 is 0 Å². The zero-order chi connectivity index (χ0) is 16.9. The van der Waals surface area contributed by atoms with E-state index in [9.17, 15) is 0 Å². The van der Waals surface area contributed by atoms with Gasteiger partial charge < -0.3 is 20.5 Å². The van der Waals surface area contributed by atoms with E-state index in [-0.39, 0.29) is 6.61 Å². The van der Waals surface area contributed by atoms with Crippen molar-refractivity contribution in [2.45, 2.75) is 6.54 Å². The number of ether oxygens (including phenoxy) is 1. The Morgan fingerprint density at radius 1 is 1.17 bits per heavy atom. The lowest BCUT2D eigenvalue weighted by molar-refractivity contribution is 0.311. The van der Waals surface area contributed by atoms with E-state index in [0.717, 1.165) is 22.3 Å². The summed E-state index contributed by atoms with van der Waals surface area (Å²) in [6, 6.07) is 7.84. The lowest BCUT2D eigenvalue weighted by atomic mass is 10.2. The van der Waals surface area contributed by atoms with Crippen LogP contribution in [0.4, 0.5) is 11.8 Å². The summed E-state index contributed by atoms with van der Waals surface area (Å²) in [6.07, 6.45) is 1.74. The minimum absolute atomic E-state index is 0.0153. The van der Waals surface area contributed by atoms with Gasteiger partial charge in [-0.05, 0) is 17.7 Å². The topological polar surface area (TPSA) is 97.1 Å². The molecule has 2 heterocycles. The molecule has 0 saturated carbocycles. The molecule has 0 aliphatic carbocycles. The van der Waals surface area contributed by atoms with Crippen LogP contribution in [0.5, 0.6) is 5.75 Å². The van der Waals surface area contributed by atoms with Crippen molar-refractivity contribution in [1.29, 1.82) is 0 Å². The van der Waals surface area contributed by atoms with Gasteiger partial charge in [0, 0.05) is 20.1 Å². The van der Waals surface area contributed by atoms with Crippen LogP contribution in [0.1, 0.15) is 5.56 Å². The fourth-order valence-corrected chi connectivity index (χ4v) is 2.33. The number of aliphatic hydroxyl groups is 1. The van der Waals surface area contributed by atoms with Crippen molar-refractivity contribution in [2.24, 2.45) is 7.05 Å². The Morgan fingerprint density at radius 3 is 2.67 bits per heavy atom. The van der Waals surface area contributed by atoms with Crippen molar-refractivity contribution in [1.82, 2.24) is 19.7 Å². The lowest BCUT2D eigenvalue weighted by Crippen LogP contribution is -2.11. The molecule has 0 bridgehead atoms. The van der Waals surface area contributed by atoms with Gasteiger partial charge in [-0.2, -0.15) is 15.1 Å². The van der Waals surface area contributed by atoms with Crippen LogP contribution in [0.15, 0.2) is 30.5 Å². The van der Waals surface area contributed by atoms with Crippen LogP contribution in [0.25, 0.3) is 11.0 Å². The Morgan fingerprint density at radius 2 is 1.96 bits per heavy atom. The number of nitrogens with one attached hydrogen (secondary N) is 2. The van der Waals surface area contributed by atoms with Gasteiger partial charge in [-0.15, -0.1) is 0 Å². The molecule has 0 amide bonds. The number of fused-ring (bicyclic) bond motifs is 1. The number of aromatic nitrogens is 4. The second kappa shape index (κ2) is 7.14. The largest absolute Gasteiger partial charge is 0.497 e. The third-order valence-corrected chi connectivity index (χ3v) is 3.61. The van der Waals surface area contributed by atoms with Crippen LogP contribution in [-0.4, -0.2) is 45.1 Å². The Bertz CT molecular complexity index is 815. The Hall–Kier alpha value is -2.87. The number of benzene rings is 1. The van der Waals surface area contributed by atoms with Gasteiger partial charge in [-0.3, -0.25) is 4.68 Å². The Balaban J connectivity index is 1.83. The molecule has 0 atom stereocenters. The molecule has 3 aromatic rings. The number of nitrogens with zero attached hydrogens (tertiary/aromatic N) is 4. The van der Waals surface area contributed by atoms with Crippen molar-refractivity contribution in [2.75, 3.05) is 30.9 Å². The standard InChI is InChI=1S/C16H20N6O2/c1-22-15-13(10-19-22)14(20-16(21-15)17-7-8-23)18-9-11-3-5-12(24-2)6-4-11/h3-6,10,23H,7-9H2,1-2H3,(H2,17,18,20,21).